The molecule has 20 heavy (non-hydrogen) atoms. The molecule has 2 heterocycles. The molecule has 0 amide bonds. The van der Waals surface area contributed by atoms with Crippen LogP contribution < -0.4 is 0 Å². The van der Waals surface area contributed by atoms with E-state index in [-0.39, 0.29) is 11.4 Å². The molecule has 0 saturated heterocycles. The minimum Gasteiger partial charge on any atom is -0.335 e. The normalized spacial score (nSPS) is 10.9. The summed E-state index contributed by atoms with van der Waals surface area (Å²) in [6.45, 7) is 0.889. The van der Waals surface area contributed by atoms with Crippen molar-refractivity contribution < 1.29 is 9.85 Å². The molecule has 0 aliphatic heterocycles. The number of hydrogen-bond donors (Lipinski definition) is 0. The Morgan fingerprint density at radius 1 is 1.00 bits per heavy atom. The number of hydrogen-bond acceptors (Lipinski definition) is 5. The molecule has 2 aromatic rings. The summed E-state index contributed by atoms with van der Waals surface area (Å²) in [4.78, 5) is 22.1. The van der Waals surface area contributed by atoms with Gasteiger partial charge in [-0.15, -0.1) is 0 Å². The summed E-state index contributed by atoms with van der Waals surface area (Å²) < 4.78 is 3.35. The molecular weight excluding hydrogens is 266 g/mol. The molecule has 2 rings (SSSR count). The first-order valence-corrected chi connectivity index (χ1v) is 5.74. The van der Waals surface area contributed by atoms with Gasteiger partial charge < -0.3 is 9.13 Å². The minimum absolute atomic E-state index is 0.0370. The molecule has 106 valence electrons. The van der Waals surface area contributed by atoms with Crippen molar-refractivity contribution >= 4 is 11.4 Å². The summed E-state index contributed by atoms with van der Waals surface area (Å²) in [6, 6.07) is 2.85. The smallest absolute Gasteiger partial charge is 0.286 e. The lowest BCUT2D eigenvalue weighted by atomic mass is 10.6. The number of rotatable bonds is 6. The summed E-state index contributed by atoms with van der Waals surface area (Å²) in [5, 5.41) is 21.1. The van der Waals surface area contributed by atoms with Crippen LogP contribution in [0.5, 0.6) is 0 Å². The number of nitro groups is 2. The van der Waals surface area contributed by atoms with Crippen molar-refractivity contribution in [1.29, 1.82) is 0 Å². The quantitative estimate of drug-likeness (QED) is 0.591. The molecule has 0 radical (unpaired) electrons. The molecule has 2 aromatic heterocycles. The van der Waals surface area contributed by atoms with E-state index in [1.165, 1.54) is 24.5 Å². The predicted octanol–water partition coefficient (Wildman–Crippen LogP) is 1.65. The second-order valence-electron chi connectivity index (χ2n) is 4.42. The van der Waals surface area contributed by atoms with Gasteiger partial charge in [-0.1, -0.05) is 0 Å². The van der Waals surface area contributed by atoms with Crippen LogP contribution in [0.3, 0.4) is 0 Å². The Morgan fingerprint density at radius 2 is 1.40 bits per heavy atom. The van der Waals surface area contributed by atoms with Gasteiger partial charge in [0, 0.05) is 24.5 Å². The van der Waals surface area contributed by atoms with Crippen LogP contribution in [-0.4, -0.2) is 30.9 Å². The molecule has 0 N–H and O–H groups in total. The van der Waals surface area contributed by atoms with Crippen molar-refractivity contribution in [3.63, 3.8) is 0 Å². The van der Waals surface area contributed by atoms with E-state index >= 15 is 0 Å². The van der Waals surface area contributed by atoms with Crippen molar-refractivity contribution in [2.75, 3.05) is 7.05 Å². The molecule has 0 spiro atoms. The van der Waals surface area contributed by atoms with Gasteiger partial charge in [0.15, 0.2) is 0 Å². The summed E-state index contributed by atoms with van der Waals surface area (Å²) >= 11 is 0. The van der Waals surface area contributed by atoms with Crippen molar-refractivity contribution in [2.24, 2.45) is 0 Å². The third kappa shape index (κ3) is 3.20. The molecule has 0 aliphatic rings. The number of nitrogens with zero attached hydrogens (tertiary/aromatic N) is 5. The fourth-order valence-corrected chi connectivity index (χ4v) is 1.85. The Kier molecular flexibility index (Phi) is 3.80. The zero-order valence-corrected chi connectivity index (χ0v) is 10.7. The maximum Gasteiger partial charge on any atom is 0.286 e. The van der Waals surface area contributed by atoms with Crippen molar-refractivity contribution in [2.45, 2.75) is 13.3 Å². The Hall–Kier alpha value is -2.68. The zero-order chi connectivity index (χ0) is 14.7. The summed E-state index contributed by atoms with van der Waals surface area (Å²) in [7, 11) is 1.82. The molecule has 0 saturated carbocycles. The van der Waals surface area contributed by atoms with E-state index in [0.29, 0.717) is 13.3 Å². The van der Waals surface area contributed by atoms with Gasteiger partial charge in [0.1, 0.15) is 0 Å². The lowest BCUT2D eigenvalue weighted by molar-refractivity contribution is -0.385. The van der Waals surface area contributed by atoms with Gasteiger partial charge in [0.05, 0.1) is 35.6 Å². The van der Waals surface area contributed by atoms with E-state index < -0.39 is 9.85 Å². The van der Waals surface area contributed by atoms with Crippen LogP contribution in [0.1, 0.15) is 0 Å². The second-order valence-corrected chi connectivity index (χ2v) is 4.42. The van der Waals surface area contributed by atoms with Crippen molar-refractivity contribution in [3.8, 4) is 0 Å². The Bertz CT molecular complexity index is 578. The second kappa shape index (κ2) is 5.53. The summed E-state index contributed by atoms with van der Waals surface area (Å²) in [5.74, 6) is 0. The highest BCUT2D eigenvalue weighted by molar-refractivity contribution is 5.26. The average molecular weight is 279 g/mol. The molecule has 0 unspecified atom stereocenters. The summed E-state index contributed by atoms with van der Waals surface area (Å²) in [6.07, 6.45) is 6.11. The molecule has 0 atom stereocenters. The third-order valence-electron chi connectivity index (χ3n) is 2.70. The van der Waals surface area contributed by atoms with Crippen LogP contribution >= 0.6 is 0 Å². The maximum absolute atomic E-state index is 10.6. The summed E-state index contributed by atoms with van der Waals surface area (Å²) in [5.41, 5.74) is 0.0741. The van der Waals surface area contributed by atoms with Crippen LogP contribution in [0.4, 0.5) is 11.4 Å². The monoisotopic (exact) mass is 279 g/mol. The highest BCUT2D eigenvalue weighted by atomic mass is 16.6. The molecule has 0 bridgehead atoms. The zero-order valence-electron chi connectivity index (χ0n) is 10.7. The van der Waals surface area contributed by atoms with Gasteiger partial charge in [0.2, 0.25) is 0 Å². The third-order valence-corrected chi connectivity index (χ3v) is 2.70. The van der Waals surface area contributed by atoms with Gasteiger partial charge in [-0.05, 0) is 7.05 Å². The highest BCUT2D eigenvalue weighted by Gasteiger charge is 2.10. The lowest BCUT2D eigenvalue weighted by Gasteiger charge is -2.17. The van der Waals surface area contributed by atoms with E-state index in [4.69, 9.17) is 0 Å². The van der Waals surface area contributed by atoms with Gasteiger partial charge >= 0.3 is 0 Å². The van der Waals surface area contributed by atoms with Gasteiger partial charge in [-0.2, -0.15) is 0 Å². The molecule has 0 aliphatic carbocycles. The molecule has 9 nitrogen and oxygen atoms in total. The topological polar surface area (TPSA) is 99.4 Å². The van der Waals surface area contributed by atoms with Crippen LogP contribution in [0.25, 0.3) is 0 Å². The predicted molar refractivity (Wildman–Crippen MR) is 69.9 cm³/mol. The Labute approximate surface area is 113 Å². The first kappa shape index (κ1) is 13.7. The van der Waals surface area contributed by atoms with E-state index in [0.717, 1.165) is 0 Å². The first-order chi connectivity index (χ1) is 9.45. The van der Waals surface area contributed by atoms with Crippen LogP contribution in [0.15, 0.2) is 36.9 Å². The van der Waals surface area contributed by atoms with E-state index in [2.05, 4.69) is 0 Å². The average Bonchev–Trinajstić information content (AvgIpc) is 2.98. The van der Waals surface area contributed by atoms with E-state index in [9.17, 15) is 20.2 Å². The molecule has 0 fully saturated rings. The highest BCUT2D eigenvalue weighted by Crippen LogP contribution is 2.13. The van der Waals surface area contributed by atoms with Crippen LogP contribution in [0.2, 0.25) is 0 Å². The fraction of sp³-hybridized carbons (Fsp3) is 0.273. The molecule has 9 heteroatoms. The van der Waals surface area contributed by atoms with E-state index in [1.54, 1.807) is 21.5 Å². The maximum atomic E-state index is 10.6. The van der Waals surface area contributed by atoms with Crippen LogP contribution in [0, 0.1) is 20.2 Å². The van der Waals surface area contributed by atoms with Crippen molar-refractivity contribution in [1.82, 2.24) is 14.0 Å². The van der Waals surface area contributed by atoms with E-state index in [1.807, 2.05) is 11.9 Å². The molecule has 0 aromatic carbocycles. The first-order valence-electron chi connectivity index (χ1n) is 5.74. The fourth-order valence-electron chi connectivity index (χ4n) is 1.85. The largest absolute Gasteiger partial charge is 0.335 e. The van der Waals surface area contributed by atoms with Gasteiger partial charge in [-0.3, -0.25) is 25.1 Å². The van der Waals surface area contributed by atoms with Crippen molar-refractivity contribution in [3.05, 3.63) is 57.1 Å². The number of aromatic nitrogens is 2. The molecular formula is C11H13N5O4. The lowest BCUT2D eigenvalue weighted by Crippen LogP contribution is -2.23. The standard InChI is InChI=1S/C11H13N5O4/c1-12(8-13-4-2-10(6-13)15(17)18)9-14-5-3-11(7-14)16(19)20/h2-7H,8-9H2,1H3. The minimum atomic E-state index is -0.453. The Morgan fingerprint density at radius 3 is 1.70 bits per heavy atom. The van der Waals surface area contributed by atoms with Crippen LogP contribution in [-0.2, 0) is 13.3 Å². The van der Waals surface area contributed by atoms with Gasteiger partial charge in [0.25, 0.3) is 11.4 Å². The van der Waals surface area contributed by atoms with Gasteiger partial charge in [-0.25, -0.2) is 0 Å². The Balaban J connectivity index is 1.95. The SMILES string of the molecule is CN(Cn1ccc([N+](=O)[O-])c1)Cn1ccc([N+](=O)[O-])c1.